The maximum atomic E-state index is 11.1. The lowest BCUT2D eigenvalue weighted by molar-refractivity contribution is 0.111. The molecule has 0 fully saturated rings. The monoisotopic (exact) mass is 302 g/mol. The fourth-order valence-electron chi connectivity index (χ4n) is 3.36. The number of rotatable bonds is 2. The van der Waals surface area contributed by atoms with Crippen LogP contribution in [0, 0.1) is 13.8 Å². The van der Waals surface area contributed by atoms with Crippen molar-refractivity contribution < 1.29 is 4.79 Å². The van der Waals surface area contributed by atoms with E-state index in [0.29, 0.717) is 5.69 Å². The summed E-state index contributed by atoms with van der Waals surface area (Å²) >= 11 is 0. The van der Waals surface area contributed by atoms with Crippen LogP contribution in [0.4, 0.5) is 0 Å². The summed E-state index contributed by atoms with van der Waals surface area (Å²) in [5.41, 5.74) is 9.72. The first-order chi connectivity index (χ1) is 11.2. The van der Waals surface area contributed by atoms with E-state index in [1.165, 1.54) is 16.7 Å². The van der Waals surface area contributed by atoms with E-state index in [4.69, 9.17) is 4.99 Å². The number of aldehydes is 1. The number of aliphatic imine (C=N–C) groups is 1. The van der Waals surface area contributed by atoms with Crippen LogP contribution in [0.1, 0.15) is 44.9 Å². The minimum absolute atomic E-state index is 0.649. The van der Waals surface area contributed by atoms with Gasteiger partial charge in [0.15, 0.2) is 6.29 Å². The van der Waals surface area contributed by atoms with Crippen LogP contribution < -0.4 is 0 Å². The molecule has 1 N–H and O–H groups in total. The highest BCUT2D eigenvalue weighted by Crippen LogP contribution is 2.32. The maximum Gasteiger partial charge on any atom is 0.166 e. The van der Waals surface area contributed by atoms with Gasteiger partial charge in [-0.25, -0.2) is 4.99 Å². The largest absolute Gasteiger partial charge is 0.352 e. The number of fused-ring (bicyclic) bond motifs is 3. The molecular formula is C20H18N2O. The first kappa shape index (κ1) is 13.9. The van der Waals surface area contributed by atoms with E-state index in [1.807, 2.05) is 19.9 Å². The van der Waals surface area contributed by atoms with E-state index in [-0.39, 0.29) is 0 Å². The molecule has 1 aromatic heterocycles. The summed E-state index contributed by atoms with van der Waals surface area (Å²) < 4.78 is 0. The summed E-state index contributed by atoms with van der Waals surface area (Å²) in [5.74, 6) is 0. The lowest BCUT2D eigenvalue weighted by Crippen LogP contribution is -2.12. The summed E-state index contributed by atoms with van der Waals surface area (Å²) in [6, 6.07) is 8.50. The van der Waals surface area contributed by atoms with Crippen molar-refractivity contribution in [3.05, 3.63) is 75.3 Å². The lowest BCUT2D eigenvalue weighted by atomic mass is 9.87. The SMILES string of the molecule is Cc1c(C=O)[nH]c(C=C2C=C3CCc4ccccc4C3=N2)c1C. The predicted octanol–water partition coefficient (Wildman–Crippen LogP) is 4.16. The number of H-pyrrole nitrogens is 1. The molecule has 0 spiro atoms. The van der Waals surface area contributed by atoms with Crippen LogP contribution in [-0.4, -0.2) is 17.0 Å². The van der Waals surface area contributed by atoms with Crippen molar-refractivity contribution in [3.63, 3.8) is 0 Å². The molecule has 0 amide bonds. The molecule has 0 saturated heterocycles. The van der Waals surface area contributed by atoms with Crippen LogP contribution in [0.15, 0.2) is 46.6 Å². The van der Waals surface area contributed by atoms with E-state index < -0.39 is 0 Å². The van der Waals surface area contributed by atoms with Gasteiger partial charge in [0.1, 0.15) is 0 Å². The second kappa shape index (κ2) is 5.20. The molecule has 0 atom stereocenters. The Bertz CT molecular complexity index is 910. The van der Waals surface area contributed by atoms with Gasteiger partial charge in [0, 0.05) is 11.3 Å². The van der Waals surface area contributed by atoms with Gasteiger partial charge in [0.05, 0.1) is 17.1 Å². The van der Waals surface area contributed by atoms with E-state index >= 15 is 0 Å². The number of aryl methyl sites for hydroxylation is 1. The Morgan fingerprint density at radius 1 is 1.09 bits per heavy atom. The van der Waals surface area contributed by atoms with E-state index in [1.54, 1.807) is 0 Å². The Labute approximate surface area is 135 Å². The molecule has 3 heteroatoms. The van der Waals surface area contributed by atoms with Crippen LogP contribution in [0.2, 0.25) is 0 Å². The first-order valence-corrected chi connectivity index (χ1v) is 7.91. The van der Waals surface area contributed by atoms with Gasteiger partial charge in [-0.3, -0.25) is 4.79 Å². The zero-order chi connectivity index (χ0) is 16.0. The molecule has 1 aliphatic heterocycles. The van der Waals surface area contributed by atoms with Crippen molar-refractivity contribution in [3.8, 4) is 0 Å². The Balaban J connectivity index is 1.78. The average molecular weight is 302 g/mol. The Hall–Kier alpha value is -2.68. The van der Waals surface area contributed by atoms with Crippen molar-refractivity contribution >= 4 is 18.1 Å². The van der Waals surface area contributed by atoms with Crippen LogP contribution in [-0.2, 0) is 6.42 Å². The minimum atomic E-state index is 0.649. The number of benzene rings is 1. The molecule has 0 radical (unpaired) electrons. The number of allylic oxidation sites excluding steroid dienone is 2. The zero-order valence-electron chi connectivity index (χ0n) is 13.3. The molecule has 0 bridgehead atoms. The number of aromatic amines is 1. The number of nitrogens with zero attached hydrogens (tertiary/aromatic N) is 1. The van der Waals surface area contributed by atoms with E-state index in [0.717, 1.165) is 47.4 Å². The summed E-state index contributed by atoms with van der Waals surface area (Å²) in [6.45, 7) is 4.00. The van der Waals surface area contributed by atoms with Gasteiger partial charge in [-0.05, 0) is 61.1 Å². The number of carbonyl (C=O) groups excluding carboxylic acids is 1. The van der Waals surface area contributed by atoms with Crippen LogP contribution >= 0.6 is 0 Å². The molecular weight excluding hydrogens is 284 g/mol. The third-order valence-electron chi connectivity index (χ3n) is 4.85. The lowest BCUT2D eigenvalue weighted by Gasteiger charge is -2.17. The molecule has 3 nitrogen and oxygen atoms in total. The molecule has 4 rings (SSSR count). The summed E-state index contributed by atoms with van der Waals surface area (Å²) in [5, 5.41) is 0. The number of carbonyl (C=O) groups is 1. The molecule has 23 heavy (non-hydrogen) atoms. The Kier molecular flexibility index (Phi) is 3.15. The van der Waals surface area contributed by atoms with Gasteiger partial charge in [-0.2, -0.15) is 0 Å². The van der Waals surface area contributed by atoms with Gasteiger partial charge in [-0.1, -0.05) is 24.3 Å². The van der Waals surface area contributed by atoms with Crippen LogP contribution in [0.3, 0.4) is 0 Å². The normalized spacial score (nSPS) is 17.6. The fourth-order valence-corrected chi connectivity index (χ4v) is 3.36. The van der Waals surface area contributed by atoms with Crippen molar-refractivity contribution in [2.45, 2.75) is 26.7 Å². The third-order valence-corrected chi connectivity index (χ3v) is 4.85. The van der Waals surface area contributed by atoms with Crippen molar-refractivity contribution in [2.75, 3.05) is 0 Å². The number of hydrogen-bond acceptors (Lipinski definition) is 2. The molecule has 0 saturated carbocycles. The van der Waals surface area contributed by atoms with Gasteiger partial charge in [-0.15, -0.1) is 0 Å². The molecule has 1 aromatic carbocycles. The second-order valence-corrected chi connectivity index (χ2v) is 6.18. The summed E-state index contributed by atoms with van der Waals surface area (Å²) in [6.07, 6.45) is 7.19. The average Bonchev–Trinajstić information content (AvgIpc) is 3.11. The zero-order valence-corrected chi connectivity index (χ0v) is 13.3. The molecule has 0 unspecified atom stereocenters. The smallest absolute Gasteiger partial charge is 0.166 e. The standard InChI is InChI=1S/C20H18N2O/c1-12-13(2)19(11-23)22-18(12)10-16-9-15-8-7-14-5-3-4-6-17(14)20(15)21-16/h3-6,9-11,22H,7-8H2,1-2H3. The highest BCUT2D eigenvalue weighted by Gasteiger charge is 2.23. The molecule has 1 aliphatic carbocycles. The molecule has 114 valence electrons. The van der Waals surface area contributed by atoms with Crippen molar-refractivity contribution in [1.29, 1.82) is 0 Å². The Morgan fingerprint density at radius 3 is 2.65 bits per heavy atom. The molecule has 2 aromatic rings. The molecule has 2 heterocycles. The van der Waals surface area contributed by atoms with Gasteiger partial charge in [0.2, 0.25) is 0 Å². The van der Waals surface area contributed by atoms with Gasteiger partial charge in [0.25, 0.3) is 0 Å². The second-order valence-electron chi connectivity index (χ2n) is 6.18. The third kappa shape index (κ3) is 2.20. The highest BCUT2D eigenvalue weighted by molar-refractivity contribution is 6.17. The minimum Gasteiger partial charge on any atom is -0.352 e. The maximum absolute atomic E-state index is 11.1. The van der Waals surface area contributed by atoms with E-state index in [9.17, 15) is 4.79 Å². The summed E-state index contributed by atoms with van der Waals surface area (Å²) in [4.78, 5) is 19.1. The highest BCUT2D eigenvalue weighted by atomic mass is 16.1. The predicted molar refractivity (Wildman–Crippen MR) is 93.0 cm³/mol. The van der Waals surface area contributed by atoms with Gasteiger partial charge >= 0.3 is 0 Å². The summed E-state index contributed by atoms with van der Waals surface area (Å²) in [7, 11) is 0. The number of hydrogen-bond donors (Lipinski definition) is 1. The fraction of sp³-hybridized carbons (Fsp3) is 0.200. The number of aromatic nitrogens is 1. The van der Waals surface area contributed by atoms with Crippen LogP contribution in [0.5, 0.6) is 0 Å². The number of nitrogens with one attached hydrogen (secondary N) is 1. The Morgan fingerprint density at radius 2 is 1.87 bits per heavy atom. The van der Waals surface area contributed by atoms with Crippen molar-refractivity contribution in [2.24, 2.45) is 4.99 Å². The van der Waals surface area contributed by atoms with Crippen LogP contribution in [0.25, 0.3) is 6.08 Å². The van der Waals surface area contributed by atoms with Gasteiger partial charge < -0.3 is 4.98 Å². The quantitative estimate of drug-likeness (QED) is 0.832. The topological polar surface area (TPSA) is 45.2 Å². The van der Waals surface area contributed by atoms with E-state index in [2.05, 4.69) is 35.3 Å². The van der Waals surface area contributed by atoms with Crippen molar-refractivity contribution in [1.82, 2.24) is 4.98 Å². The molecule has 2 aliphatic rings. The first-order valence-electron chi connectivity index (χ1n) is 7.91.